The Morgan fingerprint density at radius 1 is 1.20 bits per heavy atom. The van der Waals surface area contributed by atoms with Gasteiger partial charge in [0.05, 0.1) is 11.2 Å². The van der Waals surface area contributed by atoms with Gasteiger partial charge in [0.1, 0.15) is 5.78 Å². The second-order valence-corrected chi connectivity index (χ2v) is 7.41. The summed E-state index contributed by atoms with van der Waals surface area (Å²) in [7, 11) is 0. The molecule has 0 amide bonds. The van der Waals surface area contributed by atoms with Gasteiger partial charge in [-0.15, -0.1) is 0 Å². The molecule has 20 heavy (non-hydrogen) atoms. The topological polar surface area (TPSA) is 26.3 Å². The lowest BCUT2D eigenvalue weighted by atomic mass is 9.78. The predicted molar refractivity (Wildman–Crippen MR) is 79.9 cm³/mol. The molecular formula is C18H24O2. The molecule has 108 valence electrons. The summed E-state index contributed by atoms with van der Waals surface area (Å²) in [6.45, 7) is 8.30. The lowest BCUT2D eigenvalue weighted by molar-refractivity contribution is -0.130. The van der Waals surface area contributed by atoms with E-state index in [0.717, 1.165) is 19.3 Å². The molecule has 1 saturated heterocycles. The van der Waals surface area contributed by atoms with Crippen molar-refractivity contribution in [1.82, 2.24) is 0 Å². The molecule has 1 aromatic carbocycles. The number of Topliss-reactive ketones (excluding diaryl/α,β-unsaturated/α-hetero) is 1. The van der Waals surface area contributed by atoms with E-state index in [9.17, 15) is 4.79 Å². The van der Waals surface area contributed by atoms with Gasteiger partial charge in [-0.2, -0.15) is 0 Å². The molecular weight excluding hydrogens is 248 g/mol. The number of fused-ring (bicyclic) bond motifs is 1. The number of ether oxygens (including phenoxy) is 1. The molecule has 1 aliphatic carbocycles. The van der Waals surface area contributed by atoms with Crippen molar-refractivity contribution in [3.63, 3.8) is 0 Å². The zero-order valence-corrected chi connectivity index (χ0v) is 12.9. The van der Waals surface area contributed by atoms with E-state index in [4.69, 9.17) is 4.74 Å². The van der Waals surface area contributed by atoms with Crippen LogP contribution in [0.2, 0.25) is 0 Å². The van der Waals surface area contributed by atoms with Crippen LogP contribution in [0.1, 0.15) is 57.6 Å². The first kappa shape index (κ1) is 13.8. The van der Waals surface area contributed by atoms with E-state index in [-0.39, 0.29) is 23.0 Å². The Morgan fingerprint density at radius 2 is 1.90 bits per heavy atom. The summed E-state index contributed by atoms with van der Waals surface area (Å²) in [5.41, 5.74) is 2.06. The first-order valence-corrected chi connectivity index (χ1v) is 7.62. The number of carbonyl (C=O) groups excluding carboxylic acids is 1. The van der Waals surface area contributed by atoms with Crippen LogP contribution in [-0.4, -0.2) is 17.0 Å². The van der Waals surface area contributed by atoms with Crippen LogP contribution in [0, 0.1) is 5.92 Å². The van der Waals surface area contributed by atoms with Gasteiger partial charge in [-0.25, -0.2) is 0 Å². The first-order valence-electron chi connectivity index (χ1n) is 7.62. The van der Waals surface area contributed by atoms with Crippen LogP contribution < -0.4 is 0 Å². The average Bonchev–Trinajstić information content (AvgIpc) is 2.86. The largest absolute Gasteiger partial charge is 0.369 e. The van der Waals surface area contributed by atoms with Crippen LogP contribution in [0.25, 0.3) is 0 Å². The van der Waals surface area contributed by atoms with Gasteiger partial charge in [-0.3, -0.25) is 4.79 Å². The van der Waals surface area contributed by atoms with Crippen LogP contribution >= 0.6 is 0 Å². The van der Waals surface area contributed by atoms with Gasteiger partial charge in [0, 0.05) is 11.8 Å². The molecule has 0 aromatic heterocycles. The fourth-order valence-electron chi connectivity index (χ4n) is 4.10. The Labute approximate surface area is 121 Å². The van der Waals surface area contributed by atoms with Crippen molar-refractivity contribution in [3.05, 3.63) is 35.4 Å². The minimum atomic E-state index is -0.349. The molecule has 2 aliphatic rings. The molecule has 2 atom stereocenters. The Hall–Kier alpha value is -1.15. The Morgan fingerprint density at radius 3 is 2.55 bits per heavy atom. The second-order valence-electron chi connectivity index (χ2n) is 7.41. The maximum absolute atomic E-state index is 13.0. The molecule has 0 radical (unpaired) electrons. The Bertz CT molecular complexity index is 542. The third kappa shape index (κ3) is 2.20. The fraction of sp³-hybridized carbons (Fsp3) is 0.611. The van der Waals surface area contributed by atoms with E-state index in [0.29, 0.717) is 5.78 Å². The third-order valence-electron chi connectivity index (χ3n) is 4.89. The molecule has 2 unspecified atom stereocenters. The summed E-state index contributed by atoms with van der Waals surface area (Å²) in [5.74, 6) is 0.465. The van der Waals surface area contributed by atoms with Gasteiger partial charge in [0.15, 0.2) is 0 Å². The van der Waals surface area contributed by atoms with Crippen molar-refractivity contribution >= 4 is 5.78 Å². The minimum absolute atomic E-state index is 0.00801. The first-order chi connectivity index (χ1) is 9.30. The smallest absolute Gasteiger partial charge is 0.146 e. The summed E-state index contributed by atoms with van der Waals surface area (Å²) in [4.78, 5) is 13.0. The third-order valence-corrected chi connectivity index (χ3v) is 4.89. The average molecular weight is 272 g/mol. The van der Waals surface area contributed by atoms with Gasteiger partial charge in [0.2, 0.25) is 0 Å². The lowest BCUT2D eigenvalue weighted by Gasteiger charge is -2.28. The van der Waals surface area contributed by atoms with E-state index in [1.54, 1.807) is 0 Å². The van der Waals surface area contributed by atoms with Gasteiger partial charge in [0.25, 0.3) is 0 Å². The van der Waals surface area contributed by atoms with E-state index < -0.39 is 0 Å². The van der Waals surface area contributed by atoms with Crippen molar-refractivity contribution in [2.45, 2.75) is 64.1 Å². The molecule has 1 fully saturated rings. The molecule has 0 N–H and O–H groups in total. The van der Waals surface area contributed by atoms with Crippen LogP contribution in [0.3, 0.4) is 0 Å². The monoisotopic (exact) mass is 272 g/mol. The van der Waals surface area contributed by atoms with E-state index in [2.05, 4.69) is 45.9 Å². The molecule has 2 heteroatoms. The number of hydrogen-bond acceptors (Lipinski definition) is 2. The highest BCUT2D eigenvalue weighted by atomic mass is 16.5. The van der Waals surface area contributed by atoms with Crippen molar-refractivity contribution in [2.75, 3.05) is 0 Å². The lowest BCUT2D eigenvalue weighted by Crippen LogP contribution is -2.35. The Balaban J connectivity index is 1.88. The summed E-state index contributed by atoms with van der Waals surface area (Å²) >= 11 is 0. The highest BCUT2D eigenvalue weighted by Gasteiger charge is 2.51. The van der Waals surface area contributed by atoms with Gasteiger partial charge < -0.3 is 4.74 Å². The predicted octanol–water partition coefficient (Wildman–Crippen LogP) is 3.88. The van der Waals surface area contributed by atoms with Crippen molar-refractivity contribution in [3.8, 4) is 0 Å². The van der Waals surface area contributed by atoms with Crippen molar-refractivity contribution in [2.24, 2.45) is 5.92 Å². The molecule has 3 rings (SSSR count). The normalized spacial score (nSPS) is 30.2. The molecule has 2 nitrogen and oxygen atoms in total. The maximum Gasteiger partial charge on any atom is 0.146 e. The summed E-state index contributed by atoms with van der Waals surface area (Å²) < 4.78 is 6.10. The zero-order valence-electron chi connectivity index (χ0n) is 12.9. The second kappa shape index (κ2) is 4.42. The van der Waals surface area contributed by atoms with Crippen LogP contribution in [0.4, 0.5) is 0 Å². The van der Waals surface area contributed by atoms with E-state index in [1.807, 2.05) is 6.07 Å². The molecule has 1 heterocycles. The quantitative estimate of drug-likeness (QED) is 0.816. The van der Waals surface area contributed by atoms with Gasteiger partial charge in [-0.1, -0.05) is 24.3 Å². The van der Waals surface area contributed by atoms with Crippen LogP contribution in [0.5, 0.6) is 0 Å². The number of aryl methyl sites for hydroxylation is 1. The van der Waals surface area contributed by atoms with Gasteiger partial charge in [-0.05, 0) is 58.1 Å². The van der Waals surface area contributed by atoms with Gasteiger partial charge >= 0.3 is 0 Å². The maximum atomic E-state index is 13.0. The summed E-state index contributed by atoms with van der Waals surface area (Å²) in [6.07, 6.45) is 2.83. The zero-order chi connectivity index (χ0) is 14.5. The summed E-state index contributed by atoms with van der Waals surface area (Å²) in [6, 6.07) is 8.39. The van der Waals surface area contributed by atoms with Crippen LogP contribution in [-0.2, 0) is 16.0 Å². The number of rotatable bonds is 2. The molecule has 0 saturated carbocycles. The molecule has 0 spiro atoms. The van der Waals surface area contributed by atoms with E-state index >= 15 is 0 Å². The van der Waals surface area contributed by atoms with Crippen molar-refractivity contribution in [1.29, 1.82) is 0 Å². The minimum Gasteiger partial charge on any atom is -0.369 e. The highest BCUT2D eigenvalue weighted by molar-refractivity contribution is 5.90. The standard InChI is InChI=1S/C18H24O2/c1-17(2)11-15(18(3,4)20-17)16(19)14-10-9-12-7-5-6-8-13(12)14/h5-8,14-15H,9-11H2,1-4H3. The number of hydrogen-bond donors (Lipinski definition) is 0. The van der Waals surface area contributed by atoms with Crippen LogP contribution in [0.15, 0.2) is 24.3 Å². The highest BCUT2D eigenvalue weighted by Crippen LogP contribution is 2.46. The SMILES string of the molecule is CC1(C)CC(C(=O)C2CCc3ccccc32)C(C)(C)O1. The number of carbonyl (C=O) groups is 1. The fourth-order valence-corrected chi connectivity index (χ4v) is 4.10. The summed E-state index contributed by atoms with van der Waals surface area (Å²) in [5, 5.41) is 0. The molecule has 0 bridgehead atoms. The molecule has 1 aliphatic heterocycles. The van der Waals surface area contributed by atoms with E-state index in [1.165, 1.54) is 11.1 Å². The van der Waals surface area contributed by atoms with Crippen molar-refractivity contribution < 1.29 is 9.53 Å². The number of benzene rings is 1. The molecule has 1 aromatic rings. The Kier molecular flexibility index (Phi) is 3.06. The number of ketones is 1.